The highest BCUT2D eigenvalue weighted by Gasteiger charge is 2.24. The van der Waals surface area contributed by atoms with Crippen molar-refractivity contribution in [2.24, 2.45) is 0 Å². The number of hydrogen-bond donors (Lipinski definition) is 1. The molecule has 0 radical (unpaired) electrons. The molecule has 3 rings (SSSR count). The van der Waals surface area contributed by atoms with Gasteiger partial charge in [0.05, 0.1) is 16.8 Å². The van der Waals surface area contributed by atoms with Gasteiger partial charge in [-0.3, -0.25) is 4.79 Å². The molecule has 2 aromatic rings. The number of nitrogens with zero attached hydrogens (tertiary/aromatic N) is 2. The summed E-state index contributed by atoms with van der Waals surface area (Å²) in [6.45, 7) is 1.64. The molecule has 0 saturated carbocycles. The van der Waals surface area contributed by atoms with Gasteiger partial charge in [0, 0.05) is 35.2 Å². The Morgan fingerprint density at radius 2 is 2.35 bits per heavy atom. The maximum atomic E-state index is 12.9. The van der Waals surface area contributed by atoms with Crippen molar-refractivity contribution < 1.29 is 4.79 Å². The van der Waals surface area contributed by atoms with Gasteiger partial charge < -0.3 is 10.2 Å². The molecule has 2 heterocycles. The number of likely N-dealkylation sites (N-methyl/N-ethyl adjacent to an activating group) is 1. The Morgan fingerprint density at radius 1 is 1.48 bits per heavy atom. The van der Waals surface area contributed by atoms with Gasteiger partial charge in [0.25, 0.3) is 5.91 Å². The average Bonchev–Trinajstić information content (AvgIpc) is 3.13. The molecule has 1 saturated heterocycles. The lowest BCUT2D eigenvalue weighted by Gasteiger charge is -2.33. The predicted octanol–water partition coefficient (Wildman–Crippen LogP) is 3.26. The monoisotopic (exact) mass is 347 g/mol. The SMILES string of the molecule is CNC1CCCN(C(=O)c2ccccc2SCc2cscn2)C1. The lowest BCUT2D eigenvalue weighted by atomic mass is 10.0. The number of hydrogen-bond acceptors (Lipinski definition) is 5. The minimum Gasteiger partial charge on any atom is -0.337 e. The zero-order valence-electron chi connectivity index (χ0n) is 13.2. The summed E-state index contributed by atoms with van der Waals surface area (Å²) in [7, 11) is 1.97. The molecule has 1 N–H and O–H groups in total. The molecule has 1 aromatic carbocycles. The summed E-state index contributed by atoms with van der Waals surface area (Å²) in [6, 6.07) is 8.31. The second kappa shape index (κ2) is 7.95. The van der Waals surface area contributed by atoms with Crippen LogP contribution in [0.1, 0.15) is 28.9 Å². The van der Waals surface area contributed by atoms with Gasteiger partial charge in [-0.2, -0.15) is 0 Å². The first kappa shape index (κ1) is 16.5. The Morgan fingerprint density at radius 3 is 3.13 bits per heavy atom. The molecule has 1 amide bonds. The van der Waals surface area contributed by atoms with Crippen LogP contribution in [0.3, 0.4) is 0 Å². The van der Waals surface area contributed by atoms with Crippen LogP contribution in [0.5, 0.6) is 0 Å². The van der Waals surface area contributed by atoms with Crippen molar-refractivity contribution in [1.29, 1.82) is 0 Å². The third kappa shape index (κ3) is 4.13. The van der Waals surface area contributed by atoms with Crippen LogP contribution in [0.4, 0.5) is 0 Å². The minimum atomic E-state index is 0.145. The van der Waals surface area contributed by atoms with Crippen LogP contribution < -0.4 is 5.32 Å². The molecule has 4 nitrogen and oxygen atoms in total. The molecule has 23 heavy (non-hydrogen) atoms. The molecule has 1 unspecified atom stereocenters. The van der Waals surface area contributed by atoms with Gasteiger partial charge in [-0.25, -0.2) is 4.98 Å². The summed E-state index contributed by atoms with van der Waals surface area (Å²) in [5, 5.41) is 5.35. The molecular weight excluding hydrogens is 326 g/mol. The number of aromatic nitrogens is 1. The first-order valence-corrected chi connectivity index (χ1v) is 9.76. The number of amides is 1. The Labute approximate surface area is 145 Å². The number of thiazole rings is 1. The van der Waals surface area contributed by atoms with Gasteiger partial charge in [-0.15, -0.1) is 23.1 Å². The van der Waals surface area contributed by atoms with Gasteiger partial charge in [-0.1, -0.05) is 12.1 Å². The van der Waals surface area contributed by atoms with Crippen molar-refractivity contribution in [3.05, 3.63) is 46.4 Å². The van der Waals surface area contributed by atoms with E-state index >= 15 is 0 Å². The summed E-state index contributed by atoms with van der Waals surface area (Å²) in [4.78, 5) is 20.2. The fraction of sp³-hybridized carbons (Fsp3) is 0.412. The second-order valence-electron chi connectivity index (χ2n) is 5.64. The van der Waals surface area contributed by atoms with E-state index in [2.05, 4.69) is 15.7 Å². The van der Waals surface area contributed by atoms with Gasteiger partial charge in [-0.05, 0) is 32.0 Å². The Kier molecular flexibility index (Phi) is 5.70. The molecule has 1 atom stereocenters. The molecule has 0 aliphatic carbocycles. The normalized spacial score (nSPS) is 18.1. The number of thioether (sulfide) groups is 1. The highest BCUT2D eigenvalue weighted by molar-refractivity contribution is 7.98. The van der Waals surface area contributed by atoms with E-state index in [9.17, 15) is 4.79 Å². The van der Waals surface area contributed by atoms with Crippen molar-refractivity contribution in [2.75, 3.05) is 20.1 Å². The first-order chi connectivity index (χ1) is 11.3. The zero-order valence-corrected chi connectivity index (χ0v) is 14.8. The van der Waals surface area contributed by atoms with Crippen molar-refractivity contribution in [3.8, 4) is 0 Å². The zero-order chi connectivity index (χ0) is 16.1. The minimum absolute atomic E-state index is 0.145. The number of carbonyl (C=O) groups is 1. The van der Waals surface area contributed by atoms with E-state index in [0.717, 1.165) is 47.8 Å². The molecule has 1 aliphatic rings. The van der Waals surface area contributed by atoms with E-state index in [-0.39, 0.29) is 5.91 Å². The van der Waals surface area contributed by atoms with E-state index in [1.807, 2.05) is 41.7 Å². The number of benzene rings is 1. The topological polar surface area (TPSA) is 45.2 Å². The van der Waals surface area contributed by atoms with Gasteiger partial charge in [0.15, 0.2) is 0 Å². The Hall–Kier alpha value is -1.37. The predicted molar refractivity (Wildman–Crippen MR) is 96.1 cm³/mol. The highest BCUT2D eigenvalue weighted by atomic mass is 32.2. The van der Waals surface area contributed by atoms with Crippen molar-refractivity contribution >= 4 is 29.0 Å². The van der Waals surface area contributed by atoms with Crippen LogP contribution in [0.2, 0.25) is 0 Å². The van der Waals surface area contributed by atoms with E-state index in [1.165, 1.54) is 0 Å². The van der Waals surface area contributed by atoms with Crippen LogP contribution in [-0.2, 0) is 5.75 Å². The van der Waals surface area contributed by atoms with Crippen LogP contribution in [0.25, 0.3) is 0 Å². The van der Waals surface area contributed by atoms with Gasteiger partial charge in [0.1, 0.15) is 0 Å². The van der Waals surface area contributed by atoms with Gasteiger partial charge >= 0.3 is 0 Å². The van der Waals surface area contributed by atoms with E-state index < -0.39 is 0 Å². The summed E-state index contributed by atoms with van der Waals surface area (Å²) in [6.07, 6.45) is 2.20. The molecule has 1 aromatic heterocycles. The number of nitrogens with one attached hydrogen (secondary N) is 1. The van der Waals surface area contributed by atoms with Crippen LogP contribution in [-0.4, -0.2) is 42.0 Å². The number of rotatable bonds is 5. The number of carbonyl (C=O) groups excluding carboxylic acids is 1. The third-order valence-corrected chi connectivity index (χ3v) is 5.84. The summed E-state index contributed by atoms with van der Waals surface area (Å²) in [5.74, 6) is 0.943. The number of piperidine rings is 1. The summed E-state index contributed by atoms with van der Waals surface area (Å²) in [5.41, 5.74) is 3.72. The molecular formula is C17H21N3OS2. The average molecular weight is 348 g/mol. The smallest absolute Gasteiger partial charge is 0.255 e. The molecule has 0 spiro atoms. The standard InChI is InChI=1S/C17H21N3OS2/c1-18-13-5-4-8-20(9-13)17(21)15-6-2-3-7-16(15)23-11-14-10-22-12-19-14/h2-3,6-7,10,12-13,18H,4-5,8-9,11H2,1H3. The largest absolute Gasteiger partial charge is 0.337 e. The summed E-state index contributed by atoms with van der Waals surface area (Å²) < 4.78 is 0. The third-order valence-electron chi connectivity index (χ3n) is 4.09. The number of likely N-dealkylation sites (tertiary alicyclic amines) is 1. The summed E-state index contributed by atoms with van der Waals surface area (Å²) >= 11 is 3.29. The Bertz CT molecular complexity index is 645. The van der Waals surface area contributed by atoms with E-state index in [1.54, 1.807) is 23.1 Å². The maximum absolute atomic E-state index is 12.9. The fourth-order valence-corrected chi connectivity index (χ4v) is 4.41. The fourth-order valence-electron chi connectivity index (χ4n) is 2.80. The lowest BCUT2D eigenvalue weighted by Crippen LogP contribution is -2.47. The lowest BCUT2D eigenvalue weighted by molar-refractivity contribution is 0.0694. The first-order valence-electron chi connectivity index (χ1n) is 7.83. The molecule has 0 bridgehead atoms. The van der Waals surface area contributed by atoms with Crippen molar-refractivity contribution in [2.45, 2.75) is 29.5 Å². The van der Waals surface area contributed by atoms with Crippen LogP contribution in [0.15, 0.2) is 40.1 Å². The van der Waals surface area contributed by atoms with Crippen molar-refractivity contribution in [3.63, 3.8) is 0 Å². The molecule has 6 heteroatoms. The van der Waals surface area contributed by atoms with E-state index in [4.69, 9.17) is 0 Å². The van der Waals surface area contributed by atoms with Crippen LogP contribution in [0, 0.1) is 0 Å². The molecule has 1 aliphatic heterocycles. The van der Waals surface area contributed by atoms with E-state index in [0.29, 0.717) is 6.04 Å². The van der Waals surface area contributed by atoms with Crippen molar-refractivity contribution in [1.82, 2.24) is 15.2 Å². The molecule has 122 valence electrons. The molecule has 1 fully saturated rings. The Balaban J connectivity index is 1.72. The maximum Gasteiger partial charge on any atom is 0.255 e. The van der Waals surface area contributed by atoms with Gasteiger partial charge in [0.2, 0.25) is 0 Å². The highest BCUT2D eigenvalue weighted by Crippen LogP contribution is 2.27. The quantitative estimate of drug-likeness (QED) is 0.843. The van der Waals surface area contributed by atoms with Crippen LogP contribution >= 0.6 is 23.1 Å². The second-order valence-corrected chi connectivity index (χ2v) is 7.38.